The molecule has 0 spiro atoms. The van der Waals surface area contributed by atoms with Gasteiger partial charge in [0, 0.05) is 36.0 Å². The lowest BCUT2D eigenvalue weighted by Crippen LogP contribution is -1.99. The standard InChI is InChI=1S/C24H14Br2ClN3S/c25-18-7-1-15(2-8-18)21-13-23(17-3-9-19(26)10-4-17)30(29-21)24-28-22(14-31-24)16-5-11-20(27)12-6-16/h1-14H. The molecule has 0 aliphatic heterocycles. The molecule has 0 aliphatic rings. The first-order valence-corrected chi connectivity index (χ1v) is 12.2. The maximum Gasteiger partial charge on any atom is 0.211 e. The second kappa shape index (κ2) is 8.71. The highest BCUT2D eigenvalue weighted by Gasteiger charge is 2.16. The van der Waals surface area contributed by atoms with Crippen LogP contribution in [0.5, 0.6) is 0 Å². The summed E-state index contributed by atoms with van der Waals surface area (Å²) in [5, 5.41) is 8.49. The molecule has 0 saturated carbocycles. The van der Waals surface area contributed by atoms with Crippen molar-refractivity contribution in [1.29, 1.82) is 0 Å². The zero-order valence-corrected chi connectivity index (χ0v) is 20.7. The Labute approximate surface area is 205 Å². The van der Waals surface area contributed by atoms with Gasteiger partial charge in [-0.15, -0.1) is 11.3 Å². The molecule has 3 aromatic carbocycles. The van der Waals surface area contributed by atoms with Crippen LogP contribution in [0.4, 0.5) is 0 Å². The van der Waals surface area contributed by atoms with Gasteiger partial charge in [0.25, 0.3) is 0 Å². The lowest BCUT2D eigenvalue weighted by molar-refractivity contribution is 0.881. The number of hydrogen-bond acceptors (Lipinski definition) is 3. The van der Waals surface area contributed by atoms with E-state index in [0.29, 0.717) is 5.02 Å². The second-order valence-corrected chi connectivity index (χ2v) is 9.97. The predicted octanol–water partition coefficient (Wildman–Crippen LogP) is 8.51. The Bertz CT molecular complexity index is 1340. The molecule has 0 unspecified atom stereocenters. The maximum atomic E-state index is 6.03. The van der Waals surface area contributed by atoms with Crippen molar-refractivity contribution >= 4 is 54.8 Å². The molecule has 152 valence electrons. The smallest absolute Gasteiger partial charge is 0.211 e. The van der Waals surface area contributed by atoms with Crippen molar-refractivity contribution in [1.82, 2.24) is 14.8 Å². The summed E-state index contributed by atoms with van der Waals surface area (Å²) in [5.74, 6) is 0. The number of hydrogen-bond donors (Lipinski definition) is 0. The molecule has 2 aromatic heterocycles. The van der Waals surface area contributed by atoms with Crippen LogP contribution in [-0.2, 0) is 0 Å². The Hall–Kier alpha value is -2.25. The van der Waals surface area contributed by atoms with Crippen molar-refractivity contribution in [2.24, 2.45) is 0 Å². The molecule has 5 aromatic rings. The molecule has 31 heavy (non-hydrogen) atoms. The fraction of sp³-hybridized carbons (Fsp3) is 0. The first-order valence-electron chi connectivity index (χ1n) is 9.40. The highest BCUT2D eigenvalue weighted by Crippen LogP contribution is 2.32. The van der Waals surface area contributed by atoms with E-state index in [-0.39, 0.29) is 0 Å². The van der Waals surface area contributed by atoms with Gasteiger partial charge in [0.1, 0.15) is 0 Å². The Morgan fingerprint density at radius 1 is 0.710 bits per heavy atom. The molecule has 0 bridgehead atoms. The number of aromatic nitrogens is 3. The summed E-state index contributed by atoms with van der Waals surface area (Å²) in [6.07, 6.45) is 0. The first kappa shape index (κ1) is 20.6. The molecule has 0 fully saturated rings. The molecule has 0 amide bonds. The van der Waals surface area contributed by atoms with E-state index >= 15 is 0 Å². The average molecular weight is 572 g/mol. The van der Waals surface area contributed by atoms with E-state index < -0.39 is 0 Å². The van der Waals surface area contributed by atoms with Crippen LogP contribution in [0.2, 0.25) is 5.02 Å². The van der Waals surface area contributed by atoms with Gasteiger partial charge in [-0.3, -0.25) is 0 Å². The summed E-state index contributed by atoms with van der Waals surface area (Å²) < 4.78 is 4.00. The van der Waals surface area contributed by atoms with E-state index in [1.165, 1.54) is 0 Å². The van der Waals surface area contributed by atoms with Gasteiger partial charge in [-0.25, -0.2) is 9.67 Å². The van der Waals surface area contributed by atoms with Gasteiger partial charge in [0.05, 0.1) is 17.1 Å². The summed E-state index contributed by atoms with van der Waals surface area (Å²) in [5.41, 5.74) is 5.93. The Kier molecular flexibility index (Phi) is 5.80. The lowest BCUT2D eigenvalue weighted by Gasteiger charge is -2.04. The van der Waals surface area contributed by atoms with Crippen LogP contribution in [0.15, 0.2) is 93.2 Å². The third-order valence-electron chi connectivity index (χ3n) is 4.80. The van der Waals surface area contributed by atoms with Crippen LogP contribution in [0.1, 0.15) is 0 Å². The molecule has 0 N–H and O–H groups in total. The minimum atomic E-state index is 0.711. The molecule has 7 heteroatoms. The lowest BCUT2D eigenvalue weighted by atomic mass is 10.1. The van der Waals surface area contributed by atoms with Gasteiger partial charge in [-0.2, -0.15) is 5.10 Å². The predicted molar refractivity (Wildman–Crippen MR) is 136 cm³/mol. The number of benzene rings is 3. The van der Waals surface area contributed by atoms with Crippen molar-refractivity contribution in [3.8, 4) is 38.9 Å². The first-order chi connectivity index (χ1) is 15.1. The fourth-order valence-corrected chi connectivity index (χ4v) is 4.68. The van der Waals surface area contributed by atoms with E-state index in [0.717, 1.165) is 47.8 Å². The minimum absolute atomic E-state index is 0.711. The number of halogens is 3. The van der Waals surface area contributed by atoms with Crippen molar-refractivity contribution < 1.29 is 0 Å². The summed E-state index contributed by atoms with van der Waals surface area (Å²) in [7, 11) is 0. The van der Waals surface area contributed by atoms with Gasteiger partial charge in [-0.1, -0.05) is 79.9 Å². The van der Waals surface area contributed by atoms with Crippen LogP contribution in [-0.4, -0.2) is 14.8 Å². The van der Waals surface area contributed by atoms with E-state index in [2.05, 4.69) is 62.2 Å². The second-order valence-electron chi connectivity index (χ2n) is 6.86. The average Bonchev–Trinajstić information content (AvgIpc) is 3.43. The molecule has 0 saturated heterocycles. The Morgan fingerprint density at radius 2 is 1.26 bits per heavy atom. The topological polar surface area (TPSA) is 30.7 Å². The molecule has 2 heterocycles. The minimum Gasteiger partial charge on any atom is -0.218 e. The number of rotatable bonds is 4. The summed E-state index contributed by atoms with van der Waals surface area (Å²) >= 11 is 14.6. The zero-order chi connectivity index (χ0) is 21.4. The SMILES string of the molecule is Clc1ccc(-c2csc(-n3nc(-c4ccc(Br)cc4)cc3-c3ccc(Br)cc3)n2)cc1. The van der Waals surface area contributed by atoms with E-state index in [1.54, 1.807) is 11.3 Å². The number of thiazole rings is 1. The van der Waals surface area contributed by atoms with Gasteiger partial charge in [0.2, 0.25) is 5.13 Å². The summed E-state index contributed by atoms with van der Waals surface area (Å²) in [6, 6.07) is 26.2. The fourth-order valence-electron chi connectivity index (χ4n) is 3.23. The zero-order valence-electron chi connectivity index (χ0n) is 16.0. The molecule has 0 radical (unpaired) electrons. The van der Waals surface area contributed by atoms with Crippen molar-refractivity contribution in [3.63, 3.8) is 0 Å². The third-order valence-corrected chi connectivity index (χ3v) is 6.93. The third kappa shape index (κ3) is 4.39. The highest BCUT2D eigenvalue weighted by atomic mass is 79.9. The van der Waals surface area contributed by atoms with Crippen LogP contribution < -0.4 is 0 Å². The van der Waals surface area contributed by atoms with Gasteiger partial charge >= 0.3 is 0 Å². The molecule has 3 nitrogen and oxygen atoms in total. The van der Waals surface area contributed by atoms with E-state index in [1.807, 2.05) is 58.6 Å². The Morgan fingerprint density at radius 3 is 1.90 bits per heavy atom. The molecule has 0 aliphatic carbocycles. The van der Waals surface area contributed by atoms with Crippen LogP contribution in [0.25, 0.3) is 38.9 Å². The normalized spacial score (nSPS) is 11.1. The van der Waals surface area contributed by atoms with E-state index in [4.69, 9.17) is 21.7 Å². The number of nitrogens with zero attached hydrogens (tertiary/aromatic N) is 3. The van der Waals surface area contributed by atoms with Crippen molar-refractivity contribution in [3.05, 3.63) is 98.2 Å². The van der Waals surface area contributed by atoms with Gasteiger partial charge < -0.3 is 0 Å². The highest BCUT2D eigenvalue weighted by molar-refractivity contribution is 9.10. The summed E-state index contributed by atoms with van der Waals surface area (Å²) in [6.45, 7) is 0. The van der Waals surface area contributed by atoms with Gasteiger partial charge in [0.15, 0.2) is 0 Å². The maximum absolute atomic E-state index is 6.03. The van der Waals surface area contributed by atoms with Crippen LogP contribution in [0.3, 0.4) is 0 Å². The molecular weight excluding hydrogens is 558 g/mol. The molecule has 5 rings (SSSR count). The molecular formula is C24H14Br2ClN3S. The van der Waals surface area contributed by atoms with Crippen molar-refractivity contribution in [2.45, 2.75) is 0 Å². The monoisotopic (exact) mass is 569 g/mol. The van der Waals surface area contributed by atoms with Crippen molar-refractivity contribution in [2.75, 3.05) is 0 Å². The largest absolute Gasteiger partial charge is 0.218 e. The Balaban J connectivity index is 1.62. The quantitative estimate of drug-likeness (QED) is 0.217. The molecule has 0 atom stereocenters. The van der Waals surface area contributed by atoms with E-state index in [9.17, 15) is 0 Å². The van der Waals surface area contributed by atoms with Gasteiger partial charge in [-0.05, 0) is 42.5 Å². The van der Waals surface area contributed by atoms with Crippen LogP contribution in [0, 0.1) is 0 Å². The van der Waals surface area contributed by atoms with Crippen LogP contribution >= 0.6 is 54.8 Å². The summed E-state index contributed by atoms with van der Waals surface area (Å²) in [4.78, 5) is 4.86.